The van der Waals surface area contributed by atoms with E-state index < -0.39 is 0 Å². The molecule has 0 spiro atoms. The summed E-state index contributed by atoms with van der Waals surface area (Å²) in [5.74, 6) is 2.16. The number of aromatic nitrogens is 4. The van der Waals surface area contributed by atoms with Crippen molar-refractivity contribution in [2.45, 2.75) is 40.2 Å². The monoisotopic (exact) mass is 626 g/mol. The Bertz CT molecular complexity index is 2100. The Labute approximate surface area is 264 Å². The SMILES string of the molecule is CCCNc1ccc(-c2nc3cc(Cl)ccc3o2)cc1N.CCCn1c(C)nc2cc(-c3nc4cc(Cl)ccc4o3)ccc21. The summed E-state index contributed by atoms with van der Waals surface area (Å²) in [4.78, 5) is 13.6. The van der Waals surface area contributed by atoms with Crippen LogP contribution in [0.3, 0.4) is 0 Å². The summed E-state index contributed by atoms with van der Waals surface area (Å²) in [6, 6.07) is 22.7. The van der Waals surface area contributed by atoms with E-state index in [2.05, 4.69) is 44.7 Å². The predicted molar refractivity (Wildman–Crippen MR) is 180 cm³/mol. The van der Waals surface area contributed by atoms with Crippen LogP contribution in [0.25, 0.3) is 56.1 Å². The molecule has 3 aromatic heterocycles. The maximum absolute atomic E-state index is 6.06. The second kappa shape index (κ2) is 12.6. The molecule has 224 valence electrons. The van der Waals surface area contributed by atoms with Gasteiger partial charge in [0.25, 0.3) is 0 Å². The van der Waals surface area contributed by atoms with E-state index in [1.165, 1.54) is 0 Å². The molecule has 0 unspecified atom stereocenters. The van der Waals surface area contributed by atoms with Crippen molar-refractivity contribution in [3.8, 4) is 22.9 Å². The fourth-order valence-corrected chi connectivity index (χ4v) is 5.39. The van der Waals surface area contributed by atoms with E-state index in [1.807, 2.05) is 55.5 Å². The van der Waals surface area contributed by atoms with Crippen molar-refractivity contribution >= 4 is 67.8 Å². The third kappa shape index (κ3) is 6.09. The summed E-state index contributed by atoms with van der Waals surface area (Å²) in [5, 5.41) is 4.58. The molecule has 7 aromatic rings. The van der Waals surface area contributed by atoms with Crippen LogP contribution in [0, 0.1) is 6.92 Å². The average molecular weight is 628 g/mol. The number of nitrogens with two attached hydrogens (primary N) is 1. The molecule has 0 aliphatic heterocycles. The van der Waals surface area contributed by atoms with E-state index in [4.69, 9.17) is 37.8 Å². The number of nitrogens with one attached hydrogen (secondary N) is 1. The lowest BCUT2D eigenvalue weighted by Crippen LogP contribution is -2.02. The van der Waals surface area contributed by atoms with Crippen molar-refractivity contribution in [2.75, 3.05) is 17.6 Å². The Morgan fingerprint density at radius 1 is 0.727 bits per heavy atom. The van der Waals surface area contributed by atoms with Crippen molar-refractivity contribution in [1.82, 2.24) is 19.5 Å². The molecule has 0 radical (unpaired) electrons. The first-order valence-corrected chi connectivity index (χ1v) is 15.3. The van der Waals surface area contributed by atoms with Gasteiger partial charge in [-0.2, -0.15) is 0 Å². The fraction of sp³-hybridized carbons (Fsp3) is 0.206. The van der Waals surface area contributed by atoms with Crippen LogP contribution in [0.5, 0.6) is 0 Å². The molecular formula is C34H32Cl2N6O2. The molecule has 3 N–H and O–H groups in total. The van der Waals surface area contributed by atoms with E-state index in [0.717, 1.165) is 76.2 Å². The van der Waals surface area contributed by atoms with E-state index in [0.29, 0.717) is 33.1 Å². The van der Waals surface area contributed by atoms with E-state index in [-0.39, 0.29) is 0 Å². The lowest BCUT2D eigenvalue weighted by molar-refractivity contribution is 0.619. The quantitative estimate of drug-likeness (QED) is 0.169. The Morgan fingerprint density at radius 3 is 1.93 bits per heavy atom. The molecular weight excluding hydrogens is 595 g/mol. The Kier molecular flexibility index (Phi) is 8.46. The van der Waals surface area contributed by atoms with E-state index >= 15 is 0 Å². The van der Waals surface area contributed by atoms with Crippen LogP contribution >= 0.6 is 23.2 Å². The van der Waals surface area contributed by atoms with Crippen molar-refractivity contribution in [1.29, 1.82) is 0 Å². The molecule has 7 rings (SSSR count). The highest BCUT2D eigenvalue weighted by atomic mass is 35.5. The zero-order valence-corrected chi connectivity index (χ0v) is 26.2. The molecule has 0 atom stereocenters. The van der Waals surface area contributed by atoms with Crippen molar-refractivity contribution in [2.24, 2.45) is 0 Å². The Hall–Kier alpha value is -4.53. The summed E-state index contributed by atoms with van der Waals surface area (Å²) in [7, 11) is 0. The third-order valence-corrected chi connectivity index (χ3v) is 7.67. The maximum Gasteiger partial charge on any atom is 0.227 e. The average Bonchev–Trinajstić information content (AvgIpc) is 3.71. The Morgan fingerprint density at radius 2 is 1.34 bits per heavy atom. The second-order valence-electron chi connectivity index (χ2n) is 10.5. The molecule has 0 fully saturated rings. The number of nitrogens with zero attached hydrogens (tertiary/aromatic N) is 4. The highest BCUT2D eigenvalue weighted by Crippen LogP contribution is 2.31. The topological polar surface area (TPSA) is 108 Å². The molecule has 0 bridgehead atoms. The normalized spacial score (nSPS) is 11.3. The van der Waals surface area contributed by atoms with Gasteiger partial charge in [-0.1, -0.05) is 37.0 Å². The van der Waals surface area contributed by atoms with Crippen LogP contribution in [0.1, 0.15) is 32.5 Å². The molecule has 3 heterocycles. The van der Waals surface area contributed by atoms with Gasteiger partial charge in [0.15, 0.2) is 11.2 Å². The number of hydrogen-bond donors (Lipinski definition) is 2. The Balaban J connectivity index is 0.000000157. The van der Waals surface area contributed by atoms with Crippen LogP contribution in [0.15, 0.2) is 81.6 Å². The minimum Gasteiger partial charge on any atom is -0.436 e. The van der Waals surface area contributed by atoms with Crippen LogP contribution in [-0.2, 0) is 6.54 Å². The molecule has 0 saturated heterocycles. The number of oxazole rings is 2. The fourth-order valence-electron chi connectivity index (χ4n) is 5.05. The lowest BCUT2D eigenvalue weighted by atomic mass is 10.1. The van der Waals surface area contributed by atoms with Gasteiger partial charge in [0.2, 0.25) is 11.8 Å². The summed E-state index contributed by atoms with van der Waals surface area (Å²) in [5.41, 5.74) is 14.5. The van der Waals surface area contributed by atoms with Crippen LogP contribution in [0.2, 0.25) is 10.0 Å². The van der Waals surface area contributed by atoms with Gasteiger partial charge in [-0.15, -0.1) is 0 Å². The molecule has 4 aromatic carbocycles. The number of nitrogen functional groups attached to an aromatic ring is 1. The minimum absolute atomic E-state index is 0.543. The molecule has 0 saturated carbocycles. The number of halogens is 2. The van der Waals surface area contributed by atoms with Gasteiger partial charge < -0.3 is 24.5 Å². The minimum atomic E-state index is 0.543. The van der Waals surface area contributed by atoms with Crippen molar-refractivity contribution in [3.05, 3.63) is 88.7 Å². The highest BCUT2D eigenvalue weighted by molar-refractivity contribution is 6.31. The number of aryl methyl sites for hydroxylation is 2. The summed E-state index contributed by atoms with van der Waals surface area (Å²) >= 11 is 12.0. The number of rotatable bonds is 7. The molecule has 8 nitrogen and oxygen atoms in total. The van der Waals surface area contributed by atoms with Gasteiger partial charge in [-0.05, 0) is 92.6 Å². The van der Waals surface area contributed by atoms with Crippen LogP contribution < -0.4 is 11.1 Å². The van der Waals surface area contributed by atoms with Gasteiger partial charge in [0, 0.05) is 34.3 Å². The van der Waals surface area contributed by atoms with Gasteiger partial charge in [0.05, 0.1) is 22.4 Å². The summed E-state index contributed by atoms with van der Waals surface area (Å²) < 4.78 is 13.8. The number of imidazole rings is 1. The van der Waals surface area contributed by atoms with Crippen molar-refractivity contribution < 1.29 is 8.83 Å². The van der Waals surface area contributed by atoms with Gasteiger partial charge in [0.1, 0.15) is 16.9 Å². The van der Waals surface area contributed by atoms with Crippen LogP contribution in [0.4, 0.5) is 11.4 Å². The zero-order valence-electron chi connectivity index (χ0n) is 24.7. The molecule has 0 aliphatic rings. The molecule has 0 aliphatic carbocycles. The smallest absolute Gasteiger partial charge is 0.227 e. The van der Waals surface area contributed by atoms with Gasteiger partial charge in [-0.3, -0.25) is 0 Å². The number of fused-ring (bicyclic) bond motifs is 3. The highest BCUT2D eigenvalue weighted by Gasteiger charge is 2.13. The maximum atomic E-state index is 6.06. The van der Waals surface area contributed by atoms with Gasteiger partial charge >= 0.3 is 0 Å². The third-order valence-electron chi connectivity index (χ3n) is 7.20. The second-order valence-corrected chi connectivity index (χ2v) is 11.4. The lowest BCUT2D eigenvalue weighted by Gasteiger charge is -2.08. The first-order valence-electron chi connectivity index (χ1n) is 14.6. The number of benzene rings is 4. The largest absolute Gasteiger partial charge is 0.436 e. The summed E-state index contributed by atoms with van der Waals surface area (Å²) in [6.45, 7) is 8.19. The first kappa shape index (κ1) is 29.5. The van der Waals surface area contributed by atoms with E-state index in [1.54, 1.807) is 18.2 Å². The molecule has 10 heteroatoms. The first-order chi connectivity index (χ1) is 21.3. The van der Waals surface area contributed by atoms with Crippen LogP contribution in [-0.4, -0.2) is 26.1 Å². The summed E-state index contributed by atoms with van der Waals surface area (Å²) in [6.07, 6.45) is 2.13. The molecule has 0 amide bonds. The number of anilines is 2. The van der Waals surface area contributed by atoms with Crippen molar-refractivity contribution in [3.63, 3.8) is 0 Å². The van der Waals surface area contributed by atoms with Gasteiger partial charge in [-0.25, -0.2) is 15.0 Å². The number of hydrogen-bond acceptors (Lipinski definition) is 7. The van der Waals surface area contributed by atoms with E-state index in [9.17, 15) is 0 Å². The zero-order chi connectivity index (χ0) is 30.8. The predicted octanol–water partition coefficient (Wildman–Crippen LogP) is 9.77. The molecule has 44 heavy (non-hydrogen) atoms. The standard InChI is InChI=1S/C18H16ClN3O.C16H16ClN3O/c1-3-8-22-11(2)20-14-9-12(4-6-16(14)22)18-21-15-10-13(19)5-7-17(15)23-18;1-2-7-19-13-5-3-10(8-12(13)18)16-20-14-9-11(17)4-6-15(14)21-16/h4-7,9-10H,3,8H2,1-2H3;3-6,8-9,19H,2,7,18H2,1H3.